The van der Waals surface area contributed by atoms with Crippen molar-refractivity contribution in [1.82, 2.24) is 9.38 Å². The predicted molar refractivity (Wildman–Crippen MR) is 72.9 cm³/mol. The van der Waals surface area contributed by atoms with Crippen LogP contribution < -0.4 is 0 Å². The van der Waals surface area contributed by atoms with E-state index >= 15 is 0 Å². The highest BCUT2D eigenvalue weighted by atomic mass is 32.1. The van der Waals surface area contributed by atoms with E-state index < -0.39 is 6.10 Å². The van der Waals surface area contributed by atoms with Crippen LogP contribution in [0.3, 0.4) is 0 Å². The summed E-state index contributed by atoms with van der Waals surface area (Å²) in [6, 6.07) is 5.06. The molecular weight excluding hydrogens is 263 g/mol. The van der Waals surface area contributed by atoms with Gasteiger partial charge in [0.25, 0.3) is 0 Å². The fraction of sp³-hybridized carbons (Fsp3) is 0.214. The van der Waals surface area contributed by atoms with Crippen LogP contribution >= 0.6 is 11.3 Å². The van der Waals surface area contributed by atoms with Crippen molar-refractivity contribution in [3.8, 4) is 0 Å². The number of nitrogens with zero attached hydrogens (tertiary/aromatic N) is 2. The Balaban J connectivity index is 1.86. The van der Waals surface area contributed by atoms with Gasteiger partial charge in [0.05, 0.1) is 11.8 Å². The summed E-state index contributed by atoms with van der Waals surface area (Å²) in [5.74, 6) is -0.337. The van der Waals surface area contributed by atoms with Crippen LogP contribution in [0.2, 0.25) is 0 Å². The van der Waals surface area contributed by atoms with Gasteiger partial charge in [-0.3, -0.25) is 4.40 Å². The normalized spacial score (nSPS) is 13.0. The van der Waals surface area contributed by atoms with E-state index in [4.69, 9.17) is 0 Å². The molecule has 5 heteroatoms. The van der Waals surface area contributed by atoms with E-state index in [0.717, 1.165) is 10.7 Å². The molecule has 0 aliphatic heterocycles. The van der Waals surface area contributed by atoms with Crippen molar-refractivity contribution in [3.05, 3.63) is 58.6 Å². The van der Waals surface area contributed by atoms with Gasteiger partial charge in [-0.2, -0.15) is 0 Å². The molecule has 0 amide bonds. The van der Waals surface area contributed by atoms with Crippen LogP contribution in [-0.2, 0) is 6.42 Å². The molecule has 1 aromatic carbocycles. The molecule has 3 nitrogen and oxygen atoms in total. The molecule has 98 valence electrons. The van der Waals surface area contributed by atoms with Gasteiger partial charge >= 0.3 is 0 Å². The van der Waals surface area contributed by atoms with Gasteiger partial charge in [-0.05, 0) is 12.5 Å². The largest absolute Gasteiger partial charge is 0.388 e. The average molecular weight is 276 g/mol. The summed E-state index contributed by atoms with van der Waals surface area (Å²) in [4.78, 5) is 5.27. The molecule has 1 N–H and O–H groups in total. The van der Waals surface area contributed by atoms with Gasteiger partial charge in [-0.1, -0.05) is 18.2 Å². The van der Waals surface area contributed by atoms with Crippen LogP contribution in [0, 0.1) is 12.7 Å². The zero-order chi connectivity index (χ0) is 13.4. The number of halogens is 1. The summed E-state index contributed by atoms with van der Waals surface area (Å²) in [6.07, 6.45) is 3.22. The van der Waals surface area contributed by atoms with Crippen LogP contribution in [0.15, 0.2) is 36.0 Å². The molecule has 3 aromatic rings. The molecular formula is C14H13FN2OS. The molecule has 0 spiro atoms. The van der Waals surface area contributed by atoms with E-state index in [2.05, 4.69) is 4.98 Å². The monoisotopic (exact) mass is 276 g/mol. The number of hydrogen-bond acceptors (Lipinski definition) is 3. The molecule has 0 radical (unpaired) electrons. The zero-order valence-electron chi connectivity index (χ0n) is 10.4. The third-order valence-corrected chi connectivity index (χ3v) is 3.90. The van der Waals surface area contributed by atoms with Gasteiger partial charge in [-0.25, -0.2) is 9.37 Å². The third kappa shape index (κ3) is 2.27. The minimum absolute atomic E-state index is 0.314. The fourth-order valence-electron chi connectivity index (χ4n) is 2.11. The second-order valence-electron chi connectivity index (χ2n) is 4.52. The van der Waals surface area contributed by atoms with Gasteiger partial charge in [0.1, 0.15) is 5.82 Å². The molecule has 0 bridgehead atoms. The fourth-order valence-corrected chi connectivity index (χ4v) is 2.83. The highest BCUT2D eigenvalue weighted by molar-refractivity contribution is 7.15. The number of rotatable bonds is 3. The van der Waals surface area contributed by atoms with E-state index in [9.17, 15) is 9.50 Å². The maximum atomic E-state index is 13.9. The molecule has 0 fully saturated rings. The topological polar surface area (TPSA) is 37.5 Å². The van der Waals surface area contributed by atoms with E-state index in [1.54, 1.807) is 25.1 Å². The van der Waals surface area contributed by atoms with Gasteiger partial charge in [0.15, 0.2) is 4.96 Å². The van der Waals surface area contributed by atoms with Crippen LogP contribution in [0.25, 0.3) is 4.96 Å². The van der Waals surface area contributed by atoms with E-state index in [1.165, 1.54) is 11.3 Å². The van der Waals surface area contributed by atoms with E-state index in [0.29, 0.717) is 17.5 Å². The Bertz CT molecular complexity index is 691. The number of benzene rings is 1. The van der Waals surface area contributed by atoms with Gasteiger partial charge in [0.2, 0.25) is 0 Å². The molecule has 1 atom stereocenters. The molecule has 0 aliphatic rings. The number of aliphatic hydroxyl groups is 1. The average Bonchev–Trinajstić information content (AvgIpc) is 2.93. The number of aryl methyl sites for hydroxylation is 1. The first-order valence-electron chi connectivity index (χ1n) is 5.99. The number of hydrogen-bond donors (Lipinski definition) is 1. The Labute approximate surface area is 114 Å². The molecule has 0 saturated carbocycles. The molecule has 0 saturated heterocycles. The quantitative estimate of drug-likeness (QED) is 0.798. The summed E-state index contributed by atoms with van der Waals surface area (Å²) in [6.45, 7) is 1.69. The lowest BCUT2D eigenvalue weighted by Gasteiger charge is -2.11. The maximum Gasteiger partial charge on any atom is 0.193 e. The van der Waals surface area contributed by atoms with Crippen molar-refractivity contribution in [2.45, 2.75) is 19.4 Å². The van der Waals surface area contributed by atoms with Crippen LogP contribution in [0.5, 0.6) is 0 Å². The summed E-state index contributed by atoms with van der Waals surface area (Å²) >= 11 is 1.53. The first-order chi connectivity index (χ1) is 9.15. The van der Waals surface area contributed by atoms with Crippen molar-refractivity contribution in [3.63, 3.8) is 0 Å². The minimum atomic E-state index is -0.871. The molecule has 2 heterocycles. The maximum absolute atomic E-state index is 13.9. The predicted octanol–water partition coefficient (Wildman–Crippen LogP) is 3.12. The van der Waals surface area contributed by atoms with Crippen molar-refractivity contribution in [2.24, 2.45) is 0 Å². The second-order valence-corrected chi connectivity index (χ2v) is 5.40. The number of imidazole rings is 1. The minimum Gasteiger partial charge on any atom is -0.388 e. The molecule has 0 aliphatic carbocycles. The highest BCUT2D eigenvalue weighted by Crippen LogP contribution is 2.23. The standard InChI is InChI=1S/C14H13FN2OS/c1-9-3-2-4-11(13(9)15)12(18)7-10-8-17-5-6-19-14(17)16-10/h2-6,8,12,18H,7H2,1H3. The Hall–Kier alpha value is -1.72. The second kappa shape index (κ2) is 4.75. The third-order valence-electron chi connectivity index (χ3n) is 3.13. The van der Waals surface area contributed by atoms with E-state index in [-0.39, 0.29) is 5.82 Å². The van der Waals surface area contributed by atoms with Crippen LogP contribution in [-0.4, -0.2) is 14.5 Å². The summed E-state index contributed by atoms with van der Waals surface area (Å²) in [7, 11) is 0. The van der Waals surface area contributed by atoms with Crippen LogP contribution in [0.4, 0.5) is 4.39 Å². The highest BCUT2D eigenvalue weighted by Gasteiger charge is 2.16. The smallest absolute Gasteiger partial charge is 0.193 e. The molecule has 19 heavy (non-hydrogen) atoms. The Morgan fingerprint density at radius 2 is 2.32 bits per heavy atom. The summed E-state index contributed by atoms with van der Waals surface area (Å²) in [5.41, 5.74) is 1.64. The number of thiazole rings is 1. The van der Waals surface area contributed by atoms with Crippen molar-refractivity contribution in [2.75, 3.05) is 0 Å². The van der Waals surface area contributed by atoms with Crippen LogP contribution in [0.1, 0.15) is 22.9 Å². The Morgan fingerprint density at radius 1 is 1.47 bits per heavy atom. The lowest BCUT2D eigenvalue weighted by Crippen LogP contribution is -2.05. The lowest BCUT2D eigenvalue weighted by atomic mass is 10.0. The Morgan fingerprint density at radius 3 is 3.11 bits per heavy atom. The van der Waals surface area contributed by atoms with E-state index in [1.807, 2.05) is 22.2 Å². The molecule has 3 rings (SSSR count). The first-order valence-corrected chi connectivity index (χ1v) is 6.87. The molecule has 2 aromatic heterocycles. The van der Waals surface area contributed by atoms with Crippen molar-refractivity contribution in [1.29, 1.82) is 0 Å². The summed E-state index contributed by atoms with van der Waals surface area (Å²) in [5, 5.41) is 12.1. The summed E-state index contributed by atoms with van der Waals surface area (Å²) < 4.78 is 15.8. The number of fused-ring (bicyclic) bond motifs is 1. The lowest BCUT2D eigenvalue weighted by molar-refractivity contribution is 0.172. The van der Waals surface area contributed by atoms with Crippen molar-refractivity contribution >= 4 is 16.3 Å². The Kier molecular flexibility index (Phi) is 3.08. The van der Waals surface area contributed by atoms with Gasteiger partial charge < -0.3 is 5.11 Å². The number of aliphatic hydroxyl groups excluding tert-OH is 1. The van der Waals surface area contributed by atoms with Crippen molar-refractivity contribution < 1.29 is 9.50 Å². The van der Waals surface area contributed by atoms with Gasteiger partial charge in [-0.15, -0.1) is 11.3 Å². The first kappa shape index (κ1) is 12.3. The molecule has 1 unspecified atom stereocenters. The zero-order valence-corrected chi connectivity index (χ0v) is 11.2. The SMILES string of the molecule is Cc1cccc(C(O)Cc2cn3ccsc3n2)c1F. The van der Waals surface area contributed by atoms with Gasteiger partial charge in [0, 0.05) is 29.8 Å². The number of aromatic nitrogens is 2.